The van der Waals surface area contributed by atoms with Crippen molar-refractivity contribution in [1.82, 2.24) is 0 Å². The van der Waals surface area contributed by atoms with Gasteiger partial charge in [0.2, 0.25) is 0 Å². The van der Waals surface area contributed by atoms with Gasteiger partial charge in [0.15, 0.2) is 0 Å². The summed E-state index contributed by atoms with van der Waals surface area (Å²) < 4.78 is 5.28. The lowest BCUT2D eigenvalue weighted by Crippen LogP contribution is -1.93. The second kappa shape index (κ2) is 5.81. The third-order valence-electron chi connectivity index (χ3n) is 1.92. The Kier molecular flexibility index (Phi) is 4.66. The van der Waals surface area contributed by atoms with Crippen LogP contribution in [0.3, 0.4) is 0 Å². The van der Waals surface area contributed by atoms with E-state index in [1.807, 2.05) is 18.8 Å². The highest BCUT2D eigenvalue weighted by Gasteiger charge is 2.02. The predicted molar refractivity (Wildman–Crippen MR) is 63.6 cm³/mol. The first-order valence-electron chi connectivity index (χ1n) is 4.80. The Labute approximate surface area is 90.0 Å². The largest absolute Gasteiger partial charge is 0.495 e. The van der Waals surface area contributed by atoms with Gasteiger partial charge in [-0.15, -0.1) is 11.8 Å². The summed E-state index contributed by atoms with van der Waals surface area (Å²) >= 11 is 1.86. The molecule has 0 aliphatic heterocycles. The molecular weight excluding hydrogens is 194 g/mol. The van der Waals surface area contributed by atoms with E-state index in [1.165, 1.54) is 11.3 Å². The molecule has 1 aromatic carbocycles. The number of nitrogens with one attached hydrogen (secondary N) is 1. The molecule has 0 amide bonds. The van der Waals surface area contributed by atoms with Crippen LogP contribution >= 0.6 is 11.8 Å². The number of rotatable bonds is 5. The van der Waals surface area contributed by atoms with Crippen molar-refractivity contribution < 1.29 is 4.74 Å². The highest BCUT2D eigenvalue weighted by Crippen LogP contribution is 2.30. The lowest BCUT2D eigenvalue weighted by molar-refractivity contribution is 0.415. The molecule has 0 atom stereocenters. The normalized spacial score (nSPS) is 9.93. The van der Waals surface area contributed by atoms with Crippen LogP contribution in [0.5, 0.6) is 5.75 Å². The molecule has 78 valence electrons. The number of ether oxygens (including phenoxy) is 1. The monoisotopic (exact) mass is 211 g/mol. The van der Waals surface area contributed by atoms with Gasteiger partial charge in [0.1, 0.15) is 5.75 Å². The first-order valence-corrected chi connectivity index (χ1v) is 5.79. The molecule has 1 rings (SSSR count). The molecule has 0 saturated carbocycles. The van der Waals surface area contributed by atoms with Crippen LogP contribution in [0.1, 0.15) is 13.3 Å². The lowest BCUT2D eigenvalue weighted by atomic mass is 10.3. The van der Waals surface area contributed by atoms with Crippen LogP contribution in [-0.2, 0) is 0 Å². The molecule has 0 aliphatic rings. The smallest absolute Gasteiger partial charge is 0.143 e. The maximum Gasteiger partial charge on any atom is 0.143 e. The topological polar surface area (TPSA) is 21.3 Å². The Hall–Kier alpha value is -0.830. The summed E-state index contributed by atoms with van der Waals surface area (Å²) in [5.41, 5.74) is 1.04. The molecule has 3 heteroatoms. The first-order chi connectivity index (χ1) is 6.81. The van der Waals surface area contributed by atoms with Crippen molar-refractivity contribution >= 4 is 17.4 Å². The third-order valence-corrected chi connectivity index (χ3v) is 3.11. The van der Waals surface area contributed by atoms with Gasteiger partial charge in [0.25, 0.3) is 0 Å². The number of hydrogen-bond donors (Lipinski definition) is 1. The summed E-state index contributed by atoms with van der Waals surface area (Å²) in [6, 6.07) is 6.25. The molecule has 0 spiro atoms. The van der Waals surface area contributed by atoms with E-state index in [4.69, 9.17) is 4.74 Å². The van der Waals surface area contributed by atoms with Gasteiger partial charge in [-0.05, 0) is 30.4 Å². The molecule has 0 radical (unpaired) electrons. The highest BCUT2D eigenvalue weighted by molar-refractivity contribution is 7.99. The standard InChI is InChI=1S/C11H17NOS/c1-4-7-14-9-5-6-10(12-2)11(8-9)13-3/h5-6,8,12H,4,7H2,1-3H3. The molecule has 0 fully saturated rings. The minimum absolute atomic E-state index is 0.911. The van der Waals surface area contributed by atoms with Gasteiger partial charge in [-0.25, -0.2) is 0 Å². The lowest BCUT2D eigenvalue weighted by Gasteiger charge is -2.09. The van der Waals surface area contributed by atoms with Crippen molar-refractivity contribution in [2.75, 3.05) is 25.2 Å². The summed E-state index contributed by atoms with van der Waals surface area (Å²) in [5.74, 6) is 2.07. The van der Waals surface area contributed by atoms with Gasteiger partial charge >= 0.3 is 0 Å². The van der Waals surface area contributed by atoms with E-state index in [9.17, 15) is 0 Å². The van der Waals surface area contributed by atoms with E-state index in [1.54, 1.807) is 7.11 Å². The van der Waals surface area contributed by atoms with Gasteiger partial charge in [-0.1, -0.05) is 6.92 Å². The van der Waals surface area contributed by atoms with Crippen molar-refractivity contribution in [3.8, 4) is 5.75 Å². The number of thioether (sulfide) groups is 1. The van der Waals surface area contributed by atoms with Crippen LogP contribution < -0.4 is 10.1 Å². The van der Waals surface area contributed by atoms with Crippen molar-refractivity contribution in [3.63, 3.8) is 0 Å². The highest BCUT2D eigenvalue weighted by atomic mass is 32.2. The number of methoxy groups -OCH3 is 1. The summed E-state index contributed by atoms with van der Waals surface area (Å²) in [4.78, 5) is 1.27. The first kappa shape index (κ1) is 11.2. The summed E-state index contributed by atoms with van der Waals surface area (Å²) in [6.45, 7) is 2.19. The van der Waals surface area contributed by atoms with E-state index in [0.29, 0.717) is 0 Å². The van der Waals surface area contributed by atoms with Gasteiger partial charge in [-0.3, -0.25) is 0 Å². The average molecular weight is 211 g/mol. The van der Waals surface area contributed by atoms with E-state index in [-0.39, 0.29) is 0 Å². The van der Waals surface area contributed by atoms with Crippen LogP contribution in [0.15, 0.2) is 23.1 Å². The molecule has 0 aliphatic carbocycles. The average Bonchev–Trinajstić information content (AvgIpc) is 2.25. The van der Waals surface area contributed by atoms with Crippen LogP contribution in [-0.4, -0.2) is 19.9 Å². The minimum Gasteiger partial charge on any atom is -0.495 e. The second-order valence-corrected chi connectivity index (χ2v) is 4.13. The number of benzene rings is 1. The Bertz CT molecular complexity index is 289. The fourth-order valence-electron chi connectivity index (χ4n) is 1.19. The van der Waals surface area contributed by atoms with Crippen LogP contribution in [0.4, 0.5) is 5.69 Å². The van der Waals surface area contributed by atoms with Crippen molar-refractivity contribution in [2.45, 2.75) is 18.2 Å². The van der Waals surface area contributed by atoms with E-state index >= 15 is 0 Å². The molecule has 2 nitrogen and oxygen atoms in total. The molecule has 0 bridgehead atoms. The van der Waals surface area contributed by atoms with Crippen molar-refractivity contribution in [1.29, 1.82) is 0 Å². The zero-order valence-corrected chi connectivity index (χ0v) is 9.78. The fourth-order valence-corrected chi connectivity index (χ4v) is 1.98. The summed E-state index contributed by atoms with van der Waals surface area (Å²) in [6.07, 6.45) is 1.20. The summed E-state index contributed by atoms with van der Waals surface area (Å²) in [7, 11) is 3.60. The van der Waals surface area contributed by atoms with Crippen LogP contribution in [0.25, 0.3) is 0 Å². The Balaban J connectivity index is 2.79. The summed E-state index contributed by atoms with van der Waals surface area (Å²) in [5, 5.41) is 3.10. The van der Waals surface area contributed by atoms with Crippen LogP contribution in [0.2, 0.25) is 0 Å². The third kappa shape index (κ3) is 2.84. The van der Waals surface area contributed by atoms with Crippen molar-refractivity contribution in [3.05, 3.63) is 18.2 Å². The SMILES string of the molecule is CCCSc1ccc(NC)c(OC)c1. The van der Waals surface area contributed by atoms with E-state index < -0.39 is 0 Å². The molecule has 0 heterocycles. The Morgan fingerprint density at radius 1 is 1.43 bits per heavy atom. The maximum atomic E-state index is 5.28. The van der Waals surface area contributed by atoms with E-state index in [2.05, 4.69) is 30.4 Å². The van der Waals surface area contributed by atoms with Crippen LogP contribution in [0, 0.1) is 0 Å². The molecular formula is C11H17NOS. The molecule has 0 aromatic heterocycles. The second-order valence-electron chi connectivity index (χ2n) is 2.96. The predicted octanol–water partition coefficient (Wildman–Crippen LogP) is 3.24. The van der Waals surface area contributed by atoms with Crippen molar-refractivity contribution in [2.24, 2.45) is 0 Å². The fraction of sp³-hybridized carbons (Fsp3) is 0.455. The van der Waals surface area contributed by atoms with Gasteiger partial charge in [0.05, 0.1) is 12.8 Å². The number of hydrogen-bond acceptors (Lipinski definition) is 3. The zero-order chi connectivity index (χ0) is 10.4. The molecule has 1 N–H and O–H groups in total. The van der Waals surface area contributed by atoms with Gasteiger partial charge < -0.3 is 10.1 Å². The maximum absolute atomic E-state index is 5.28. The van der Waals surface area contributed by atoms with E-state index in [0.717, 1.165) is 17.2 Å². The zero-order valence-electron chi connectivity index (χ0n) is 8.96. The van der Waals surface area contributed by atoms with Gasteiger partial charge in [-0.2, -0.15) is 0 Å². The molecule has 1 aromatic rings. The number of anilines is 1. The Morgan fingerprint density at radius 2 is 2.21 bits per heavy atom. The quantitative estimate of drug-likeness (QED) is 0.755. The molecule has 0 unspecified atom stereocenters. The van der Waals surface area contributed by atoms with Gasteiger partial charge in [0, 0.05) is 11.9 Å². The minimum atomic E-state index is 0.911. The molecule has 14 heavy (non-hydrogen) atoms. The Morgan fingerprint density at radius 3 is 2.79 bits per heavy atom. The molecule has 0 saturated heterocycles.